The van der Waals surface area contributed by atoms with E-state index in [0.717, 1.165) is 62.6 Å². The molecule has 5 rings (SSSR count). The van der Waals surface area contributed by atoms with Crippen molar-refractivity contribution in [2.24, 2.45) is 0 Å². The summed E-state index contributed by atoms with van der Waals surface area (Å²) in [5.74, 6) is 1.05. The largest absolute Gasteiger partial charge is 0.338 e. The number of carbonyl (C=O) groups excluding carboxylic acids is 1. The van der Waals surface area contributed by atoms with Gasteiger partial charge in [0.05, 0.1) is 12.2 Å². The van der Waals surface area contributed by atoms with E-state index in [-0.39, 0.29) is 5.91 Å². The molecule has 1 amide bonds. The number of imidazole rings is 1. The van der Waals surface area contributed by atoms with Crippen LogP contribution < -0.4 is 5.32 Å². The van der Waals surface area contributed by atoms with Crippen LogP contribution in [0.3, 0.4) is 0 Å². The van der Waals surface area contributed by atoms with Crippen LogP contribution in [-0.4, -0.2) is 49.8 Å². The highest BCUT2D eigenvalue weighted by Crippen LogP contribution is 2.29. The summed E-state index contributed by atoms with van der Waals surface area (Å²) in [5, 5.41) is 8.14. The van der Waals surface area contributed by atoms with Gasteiger partial charge in [-0.3, -0.25) is 9.48 Å². The minimum Gasteiger partial charge on any atom is -0.338 e. The predicted molar refractivity (Wildman–Crippen MR) is 106 cm³/mol. The molecule has 7 heteroatoms. The molecule has 3 aromatic rings. The van der Waals surface area contributed by atoms with Crippen molar-refractivity contribution in [2.45, 2.75) is 32.0 Å². The Hall–Kier alpha value is -2.93. The predicted octanol–water partition coefficient (Wildman–Crippen LogP) is 2.33. The maximum Gasteiger partial charge on any atom is 0.253 e. The van der Waals surface area contributed by atoms with E-state index in [1.54, 1.807) is 0 Å². The van der Waals surface area contributed by atoms with Crippen LogP contribution in [0.2, 0.25) is 0 Å². The highest BCUT2D eigenvalue weighted by Gasteiger charge is 2.26. The molecule has 1 saturated heterocycles. The lowest BCUT2D eigenvalue weighted by atomic mass is 10.0. The number of fused-ring (bicyclic) bond motifs is 1. The highest BCUT2D eigenvalue weighted by atomic mass is 16.2. The van der Waals surface area contributed by atoms with Crippen molar-refractivity contribution in [1.82, 2.24) is 29.5 Å². The smallest absolute Gasteiger partial charge is 0.253 e. The second-order valence-electron chi connectivity index (χ2n) is 7.47. The number of nitrogens with zero attached hydrogens (tertiary/aromatic N) is 5. The molecule has 28 heavy (non-hydrogen) atoms. The Labute approximate surface area is 164 Å². The summed E-state index contributed by atoms with van der Waals surface area (Å²) >= 11 is 0. The number of hydrogen-bond acceptors (Lipinski definition) is 4. The van der Waals surface area contributed by atoms with Crippen molar-refractivity contribution in [2.75, 3.05) is 19.6 Å². The third kappa shape index (κ3) is 3.11. The number of amides is 1. The molecule has 0 saturated carbocycles. The minimum atomic E-state index is 0.124. The molecule has 2 aromatic heterocycles. The number of aromatic nitrogens is 4. The normalized spacial score (nSPS) is 17.5. The molecule has 2 aliphatic heterocycles. The van der Waals surface area contributed by atoms with E-state index in [0.29, 0.717) is 6.04 Å². The van der Waals surface area contributed by atoms with Gasteiger partial charge in [-0.2, -0.15) is 5.10 Å². The maximum atomic E-state index is 12.7. The van der Waals surface area contributed by atoms with Crippen molar-refractivity contribution >= 4 is 5.91 Å². The summed E-state index contributed by atoms with van der Waals surface area (Å²) in [4.78, 5) is 19.2. The summed E-state index contributed by atoms with van der Waals surface area (Å²) in [6, 6.07) is 12.0. The molecule has 1 fully saturated rings. The average Bonchev–Trinajstić information content (AvgIpc) is 3.41. The van der Waals surface area contributed by atoms with Crippen LogP contribution in [0.15, 0.2) is 48.8 Å². The average molecular weight is 376 g/mol. The number of hydrogen-bond donors (Lipinski definition) is 1. The second kappa shape index (κ2) is 7.24. The fraction of sp³-hybridized carbons (Fsp3) is 0.381. The summed E-state index contributed by atoms with van der Waals surface area (Å²) in [7, 11) is 0. The van der Waals surface area contributed by atoms with Gasteiger partial charge >= 0.3 is 0 Å². The summed E-state index contributed by atoms with van der Waals surface area (Å²) < 4.78 is 4.32. The Kier molecular flexibility index (Phi) is 4.44. The van der Waals surface area contributed by atoms with Crippen molar-refractivity contribution in [3.8, 4) is 11.5 Å². The molecular weight excluding hydrogens is 352 g/mol. The summed E-state index contributed by atoms with van der Waals surface area (Å²) in [6.07, 6.45) is 5.76. The molecule has 2 aliphatic rings. The van der Waals surface area contributed by atoms with Gasteiger partial charge in [-0.15, -0.1) is 0 Å². The first-order valence-corrected chi connectivity index (χ1v) is 9.94. The molecule has 0 atom stereocenters. The molecule has 0 aliphatic carbocycles. The van der Waals surface area contributed by atoms with Crippen LogP contribution in [0.1, 0.15) is 34.9 Å². The van der Waals surface area contributed by atoms with Gasteiger partial charge in [0.2, 0.25) is 0 Å². The number of nitrogens with one attached hydrogen (secondary N) is 1. The first-order chi connectivity index (χ1) is 13.8. The zero-order chi connectivity index (χ0) is 18.9. The molecule has 0 bridgehead atoms. The number of rotatable bonds is 3. The highest BCUT2D eigenvalue weighted by molar-refractivity contribution is 5.94. The summed E-state index contributed by atoms with van der Waals surface area (Å²) in [6.45, 7) is 4.24. The Bertz CT molecular complexity index is 944. The van der Waals surface area contributed by atoms with Crippen molar-refractivity contribution in [3.05, 3.63) is 60.0 Å². The van der Waals surface area contributed by atoms with Crippen molar-refractivity contribution < 1.29 is 4.79 Å². The quantitative estimate of drug-likeness (QED) is 0.762. The summed E-state index contributed by atoms with van der Waals surface area (Å²) in [5.41, 5.74) is 2.91. The number of carbonyl (C=O) groups is 1. The number of piperidine rings is 1. The molecule has 0 spiro atoms. The second-order valence-corrected chi connectivity index (χ2v) is 7.47. The van der Waals surface area contributed by atoms with Crippen LogP contribution in [-0.2, 0) is 13.1 Å². The Morgan fingerprint density at radius 2 is 1.93 bits per heavy atom. The standard InChI is InChI=1S/C21H24N6O/c28-21(16-4-2-1-3-5-16)25-10-6-17(7-11-25)26-12-9-23-20(26)19-14-18-15-22-8-13-27(18)24-19/h1-5,9,12,14,17,22H,6-8,10-11,13,15H2. The van der Waals surface area contributed by atoms with Crippen LogP contribution in [0.5, 0.6) is 0 Å². The van der Waals surface area contributed by atoms with E-state index in [2.05, 4.69) is 25.6 Å². The van der Waals surface area contributed by atoms with Gasteiger partial charge in [0, 0.05) is 50.2 Å². The van der Waals surface area contributed by atoms with Gasteiger partial charge in [0.1, 0.15) is 5.69 Å². The van der Waals surface area contributed by atoms with Gasteiger partial charge in [-0.05, 0) is 31.0 Å². The maximum absolute atomic E-state index is 12.7. The Morgan fingerprint density at radius 3 is 2.71 bits per heavy atom. The van der Waals surface area contributed by atoms with E-state index in [4.69, 9.17) is 5.10 Å². The van der Waals surface area contributed by atoms with Gasteiger partial charge in [-0.1, -0.05) is 18.2 Å². The zero-order valence-corrected chi connectivity index (χ0v) is 15.8. The topological polar surface area (TPSA) is 68.0 Å². The van der Waals surface area contributed by atoms with Gasteiger partial charge < -0.3 is 14.8 Å². The molecule has 144 valence electrons. The zero-order valence-electron chi connectivity index (χ0n) is 15.8. The minimum absolute atomic E-state index is 0.124. The lowest BCUT2D eigenvalue weighted by molar-refractivity contribution is 0.0695. The van der Waals surface area contributed by atoms with E-state index >= 15 is 0 Å². The number of benzene rings is 1. The SMILES string of the molecule is O=C(c1ccccc1)N1CCC(n2ccnc2-c2cc3n(n2)CCNC3)CC1. The molecule has 7 nitrogen and oxygen atoms in total. The fourth-order valence-corrected chi connectivity index (χ4v) is 4.22. The Morgan fingerprint density at radius 1 is 1.11 bits per heavy atom. The lowest BCUT2D eigenvalue weighted by Crippen LogP contribution is -2.39. The van der Waals surface area contributed by atoms with E-state index in [1.165, 1.54) is 5.69 Å². The van der Waals surface area contributed by atoms with Gasteiger partial charge in [0.15, 0.2) is 5.82 Å². The van der Waals surface area contributed by atoms with Gasteiger partial charge in [-0.25, -0.2) is 4.98 Å². The monoisotopic (exact) mass is 376 g/mol. The first-order valence-electron chi connectivity index (χ1n) is 9.94. The van der Waals surface area contributed by atoms with Crippen LogP contribution in [0.4, 0.5) is 0 Å². The number of likely N-dealkylation sites (tertiary alicyclic amines) is 1. The molecule has 4 heterocycles. The van der Waals surface area contributed by atoms with Crippen LogP contribution >= 0.6 is 0 Å². The van der Waals surface area contributed by atoms with Crippen molar-refractivity contribution in [3.63, 3.8) is 0 Å². The third-order valence-electron chi connectivity index (χ3n) is 5.73. The molecule has 1 aromatic carbocycles. The first kappa shape index (κ1) is 17.2. The van der Waals surface area contributed by atoms with Gasteiger partial charge in [0.25, 0.3) is 5.91 Å². The molecule has 0 radical (unpaired) electrons. The van der Waals surface area contributed by atoms with Crippen LogP contribution in [0, 0.1) is 0 Å². The van der Waals surface area contributed by atoms with Crippen molar-refractivity contribution in [1.29, 1.82) is 0 Å². The molecular formula is C21H24N6O. The lowest BCUT2D eigenvalue weighted by Gasteiger charge is -2.33. The van der Waals surface area contributed by atoms with E-state index in [9.17, 15) is 4.79 Å². The van der Waals surface area contributed by atoms with Crippen LogP contribution in [0.25, 0.3) is 11.5 Å². The van der Waals surface area contributed by atoms with E-state index < -0.39 is 0 Å². The fourth-order valence-electron chi connectivity index (χ4n) is 4.22. The van der Waals surface area contributed by atoms with E-state index in [1.807, 2.05) is 47.6 Å². The molecule has 1 N–H and O–H groups in total. The third-order valence-corrected chi connectivity index (χ3v) is 5.73. The Balaban J connectivity index is 1.31. The molecule has 0 unspecified atom stereocenters.